The van der Waals surface area contributed by atoms with Crippen LogP contribution >= 0.6 is 0 Å². The Morgan fingerprint density at radius 2 is 2.00 bits per heavy atom. The highest BCUT2D eigenvalue weighted by Gasteiger charge is 2.28. The van der Waals surface area contributed by atoms with E-state index in [0.717, 1.165) is 25.2 Å². The third kappa shape index (κ3) is 6.25. The summed E-state index contributed by atoms with van der Waals surface area (Å²) in [5.41, 5.74) is 1.45. The predicted molar refractivity (Wildman–Crippen MR) is 107 cm³/mol. The maximum Gasteiger partial charge on any atom is 0.307 e. The molecule has 2 aromatic rings. The van der Waals surface area contributed by atoms with Gasteiger partial charge in [0.1, 0.15) is 5.60 Å². The quantitative estimate of drug-likeness (QED) is 0.440. The molecule has 166 valence electrons. The Labute approximate surface area is 175 Å². The first-order valence-electron chi connectivity index (χ1n) is 10.6. The number of esters is 1. The lowest BCUT2D eigenvalue weighted by molar-refractivity contribution is -0.155. The van der Waals surface area contributed by atoms with Crippen LogP contribution in [0.2, 0.25) is 0 Å². The fourth-order valence-electron chi connectivity index (χ4n) is 3.93. The molecule has 0 aliphatic heterocycles. The van der Waals surface area contributed by atoms with Crippen LogP contribution < -0.4 is 5.48 Å². The predicted octanol–water partition coefficient (Wildman–Crippen LogP) is 4.49. The minimum absolute atomic E-state index is 0.0108. The van der Waals surface area contributed by atoms with Gasteiger partial charge in [-0.05, 0) is 43.4 Å². The Balaban J connectivity index is 1.69. The minimum atomic E-state index is -0.558. The van der Waals surface area contributed by atoms with Crippen molar-refractivity contribution in [2.75, 3.05) is 5.48 Å². The molecule has 2 heterocycles. The van der Waals surface area contributed by atoms with Gasteiger partial charge >= 0.3 is 5.97 Å². The van der Waals surface area contributed by atoms with Crippen molar-refractivity contribution < 1.29 is 23.9 Å². The summed E-state index contributed by atoms with van der Waals surface area (Å²) >= 11 is 0. The summed E-state index contributed by atoms with van der Waals surface area (Å²) in [5.74, 6) is 0.665. The fraction of sp³-hybridized carbons (Fsp3) is 0.750. The zero-order valence-corrected chi connectivity index (χ0v) is 17.9. The van der Waals surface area contributed by atoms with Gasteiger partial charge in [-0.3, -0.25) is 10.0 Å². The molecule has 3 rings (SSSR count). The van der Waals surface area contributed by atoms with Gasteiger partial charge < -0.3 is 9.26 Å². The molecule has 1 saturated carbocycles. The number of hydrogen-bond acceptors (Lipinski definition) is 10. The first-order valence-corrected chi connectivity index (χ1v) is 10.6. The number of carbonyl (C=O) groups is 1. The van der Waals surface area contributed by atoms with E-state index < -0.39 is 5.60 Å². The molecular weight excluding hydrogens is 390 g/mol. The topological polar surface area (TPSA) is 136 Å². The maximum atomic E-state index is 12.5. The molecule has 0 amide bonds. The Bertz CT molecular complexity index is 807. The van der Waals surface area contributed by atoms with E-state index >= 15 is 0 Å². The van der Waals surface area contributed by atoms with E-state index in [1.165, 1.54) is 32.1 Å². The van der Waals surface area contributed by atoms with Gasteiger partial charge in [0.15, 0.2) is 0 Å². The number of ether oxygens (including phenoxy) is 1. The second-order valence-corrected chi connectivity index (χ2v) is 8.95. The highest BCUT2D eigenvalue weighted by atomic mass is 16.6. The van der Waals surface area contributed by atoms with E-state index in [2.05, 4.69) is 25.1 Å². The van der Waals surface area contributed by atoms with Crippen molar-refractivity contribution in [1.29, 1.82) is 0 Å². The number of nitrogens with zero attached hydrogens (tertiary/aromatic N) is 4. The summed E-state index contributed by atoms with van der Waals surface area (Å²) in [6.07, 6.45) is 9.56. The van der Waals surface area contributed by atoms with Crippen molar-refractivity contribution >= 4 is 11.8 Å². The summed E-state index contributed by atoms with van der Waals surface area (Å²) in [7, 11) is 0. The van der Waals surface area contributed by atoms with Crippen LogP contribution in [-0.4, -0.2) is 37.2 Å². The van der Waals surface area contributed by atoms with E-state index in [9.17, 15) is 4.79 Å². The highest BCUT2D eigenvalue weighted by molar-refractivity contribution is 5.71. The van der Waals surface area contributed by atoms with Crippen molar-refractivity contribution in [2.24, 2.45) is 5.92 Å². The van der Waals surface area contributed by atoms with Crippen LogP contribution in [0.1, 0.15) is 90.4 Å². The molecular formula is C20H31N5O5. The fourth-order valence-corrected chi connectivity index (χ4v) is 3.93. The monoisotopic (exact) mass is 421 g/mol. The molecule has 0 saturated heterocycles. The standard InChI is InChI=1S/C20H31N5O5/c1-20(2,3)28-15(26)12-14(11-7-10-13-8-5-4-6-9-13)19-21-17(24-29-19)16-18(22-27)25-30-23-16/h13-14,27H,4-12H2,1-3H3,(H,22,25)/t14-/m1/s1. The molecule has 0 bridgehead atoms. The van der Waals surface area contributed by atoms with E-state index in [4.69, 9.17) is 14.5 Å². The Morgan fingerprint density at radius 1 is 1.23 bits per heavy atom. The molecule has 1 atom stereocenters. The van der Waals surface area contributed by atoms with E-state index in [0.29, 0.717) is 5.89 Å². The van der Waals surface area contributed by atoms with Crippen LogP contribution in [0.5, 0.6) is 0 Å². The zero-order valence-electron chi connectivity index (χ0n) is 17.9. The Kier molecular flexibility index (Phi) is 7.41. The normalized spacial score (nSPS) is 16.4. The zero-order chi connectivity index (χ0) is 21.6. The molecule has 1 aliphatic carbocycles. The average Bonchev–Trinajstić information content (AvgIpc) is 3.35. The summed E-state index contributed by atoms with van der Waals surface area (Å²) in [4.78, 5) is 16.8. The van der Waals surface area contributed by atoms with Crippen LogP contribution in [0.25, 0.3) is 11.5 Å². The third-order valence-corrected chi connectivity index (χ3v) is 5.32. The smallest absolute Gasteiger partial charge is 0.307 e. The highest BCUT2D eigenvalue weighted by Crippen LogP contribution is 2.32. The molecule has 0 spiro atoms. The second-order valence-electron chi connectivity index (χ2n) is 8.95. The average molecular weight is 421 g/mol. The van der Waals surface area contributed by atoms with E-state index in [1.807, 2.05) is 26.3 Å². The lowest BCUT2D eigenvalue weighted by Gasteiger charge is -2.23. The molecule has 10 nitrogen and oxygen atoms in total. The Morgan fingerprint density at radius 3 is 2.70 bits per heavy atom. The molecule has 10 heteroatoms. The van der Waals surface area contributed by atoms with Crippen molar-refractivity contribution in [3.8, 4) is 11.5 Å². The van der Waals surface area contributed by atoms with Gasteiger partial charge in [0.05, 0.1) is 6.42 Å². The van der Waals surface area contributed by atoms with Crippen LogP contribution in [0.4, 0.5) is 5.82 Å². The number of carbonyl (C=O) groups excluding carboxylic acids is 1. The number of nitrogens with one attached hydrogen (secondary N) is 1. The van der Waals surface area contributed by atoms with Crippen molar-refractivity contribution in [3.05, 3.63) is 5.89 Å². The molecule has 1 aliphatic rings. The van der Waals surface area contributed by atoms with Crippen molar-refractivity contribution in [1.82, 2.24) is 20.5 Å². The SMILES string of the molecule is CC(C)(C)OC(=O)C[C@@H](CCCC1CCCCC1)c1nc(-c2nonc2NO)no1. The second kappa shape index (κ2) is 10.0. The number of rotatable bonds is 9. The Hall–Kier alpha value is -2.49. The number of anilines is 1. The lowest BCUT2D eigenvalue weighted by Crippen LogP contribution is -2.25. The lowest BCUT2D eigenvalue weighted by atomic mass is 9.84. The molecule has 0 unspecified atom stereocenters. The molecule has 2 N–H and O–H groups in total. The van der Waals surface area contributed by atoms with Gasteiger partial charge in [0, 0.05) is 5.92 Å². The van der Waals surface area contributed by atoms with Crippen molar-refractivity contribution in [2.45, 2.75) is 90.1 Å². The molecule has 2 aromatic heterocycles. The first-order chi connectivity index (χ1) is 14.4. The maximum absolute atomic E-state index is 12.5. The van der Waals surface area contributed by atoms with Crippen molar-refractivity contribution in [3.63, 3.8) is 0 Å². The van der Waals surface area contributed by atoms with Gasteiger partial charge in [0.25, 0.3) is 0 Å². The van der Waals surface area contributed by atoms with E-state index in [-0.39, 0.29) is 35.6 Å². The van der Waals surface area contributed by atoms with Gasteiger partial charge in [0.2, 0.25) is 23.2 Å². The van der Waals surface area contributed by atoms with Crippen LogP contribution in [0, 0.1) is 5.92 Å². The summed E-state index contributed by atoms with van der Waals surface area (Å²) in [6.45, 7) is 5.53. The minimum Gasteiger partial charge on any atom is -0.460 e. The van der Waals surface area contributed by atoms with E-state index in [1.54, 1.807) is 0 Å². The van der Waals surface area contributed by atoms with Gasteiger partial charge in [-0.15, -0.1) is 0 Å². The van der Waals surface area contributed by atoms with Crippen LogP contribution in [0.15, 0.2) is 9.15 Å². The summed E-state index contributed by atoms with van der Waals surface area (Å²) in [6, 6.07) is 0. The summed E-state index contributed by atoms with van der Waals surface area (Å²) < 4.78 is 15.5. The van der Waals surface area contributed by atoms with Gasteiger partial charge in [-0.1, -0.05) is 50.1 Å². The summed E-state index contributed by atoms with van der Waals surface area (Å²) in [5, 5.41) is 20.2. The van der Waals surface area contributed by atoms with Crippen LogP contribution in [-0.2, 0) is 9.53 Å². The largest absolute Gasteiger partial charge is 0.460 e. The van der Waals surface area contributed by atoms with Gasteiger partial charge in [-0.25, -0.2) is 10.1 Å². The van der Waals surface area contributed by atoms with Gasteiger partial charge in [-0.2, -0.15) is 4.98 Å². The molecule has 30 heavy (non-hydrogen) atoms. The molecule has 1 fully saturated rings. The van der Waals surface area contributed by atoms with Crippen LogP contribution in [0.3, 0.4) is 0 Å². The first kappa shape index (κ1) is 22.2. The number of hydrogen-bond donors (Lipinski definition) is 2. The number of aromatic nitrogens is 4. The molecule has 0 radical (unpaired) electrons. The molecule has 0 aromatic carbocycles. The third-order valence-electron chi connectivity index (χ3n) is 5.32.